The van der Waals surface area contributed by atoms with Crippen LogP contribution < -0.4 is 5.73 Å². The largest absolute Gasteiger partial charge is 0.383 e. The predicted octanol–water partition coefficient (Wildman–Crippen LogP) is 3.12. The number of nitrogens with one attached hydrogen (secondary N) is 2. The second kappa shape index (κ2) is 5.97. The number of hydrogen-bond acceptors (Lipinski definition) is 4. The predicted molar refractivity (Wildman–Crippen MR) is 89.3 cm³/mol. The molecule has 0 atom stereocenters. The molecule has 0 spiro atoms. The van der Waals surface area contributed by atoms with E-state index in [-0.39, 0.29) is 5.82 Å². The Bertz CT molecular complexity index is 852. The van der Waals surface area contributed by atoms with Crippen molar-refractivity contribution >= 4 is 5.82 Å². The van der Waals surface area contributed by atoms with Gasteiger partial charge in [0.1, 0.15) is 17.5 Å². The molecule has 0 radical (unpaired) electrons. The fourth-order valence-corrected chi connectivity index (χ4v) is 2.56. The van der Waals surface area contributed by atoms with Gasteiger partial charge in [-0.3, -0.25) is 5.10 Å². The summed E-state index contributed by atoms with van der Waals surface area (Å²) in [6.45, 7) is 4.30. The van der Waals surface area contributed by atoms with E-state index in [9.17, 15) is 5.26 Å². The molecule has 0 aliphatic heterocycles. The van der Waals surface area contributed by atoms with Crippen molar-refractivity contribution in [3.63, 3.8) is 0 Å². The highest BCUT2D eigenvalue weighted by molar-refractivity contribution is 5.77. The normalized spacial score (nSPS) is 10.9. The van der Waals surface area contributed by atoms with E-state index < -0.39 is 0 Å². The summed E-state index contributed by atoms with van der Waals surface area (Å²) >= 11 is 0. The number of nitrogens with two attached hydrogens (primary N) is 1. The third-order valence-corrected chi connectivity index (χ3v) is 3.57. The first-order chi connectivity index (χ1) is 11.1. The first kappa shape index (κ1) is 14.9. The Kier molecular flexibility index (Phi) is 3.85. The van der Waals surface area contributed by atoms with Gasteiger partial charge in [0, 0.05) is 17.5 Å². The molecule has 116 valence electrons. The van der Waals surface area contributed by atoms with Crippen LogP contribution in [0.3, 0.4) is 0 Å². The summed E-state index contributed by atoms with van der Waals surface area (Å²) in [7, 11) is 0. The molecular weight excluding hydrogens is 288 g/mol. The average molecular weight is 306 g/mol. The minimum atomic E-state index is 0.211. The van der Waals surface area contributed by atoms with Crippen molar-refractivity contribution in [2.45, 2.75) is 20.3 Å². The molecular formula is C17H18N6. The standard InChI is InChI=1S/C17H18N6/c1-10(2)6-11-7-15(23-22-11)12-8-16(14-4-3-5-20-14)21-17(19)13(12)9-18/h3-5,7-8,10,20H,6H2,1-2H3,(H2,19,21)(H,22,23). The third-order valence-electron chi connectivity index (χ3n) is 3.57. The molecule has 0 saturated heterocycles. The van der Waals surface area contributed by atoms with Crippen molar-refractivity contribution in [3.8, 4) is 28.7 Å². The van der Waals surface area contributed by atoms with Crippen molar-refractivity contribution in [2.75, 3.05) is 5.73 Å². The summed E-state index contributed by atoms with van der Waals surface area (Å²) < 4.78 is 0. The number of nitrogen functional groups attached to an aromatic ring is 1. The Morgan fingerprint density at radius 2 is 2.13 bits per heavy atom. The van der Waals surface area contributed by atoms with Crippen LogP contribution in [0, 0.1) is 17.2 Å². The quantitative estimate of drug-likeness (QED) is 0.688. The highest BCUT2D eigenvalue weighted by atomic mass is 15.1. The van der Waals surface area contributed by atoms with E-state index in [4.69, 9.17) is 5.73 Å². The Morgan fingerprint density at radius 1 is 1.30 bits per heavy atom. The molecule has 0 saturated carbocycles. The number of nitrogens with zero attached hydrogens (tertiary/aromatic N) is 3. The van der Waals surface area contributed by atoms with Crippen LogP contribution in [0.15, 0.2) is 30.5 Å². The van der Waals surface area contributed by atoms with Crippen LogP contribution in [0.4, 0.5) is 5.82 Å². The molecule has 0 amide bonds. The zero-order valence-corrected chi connectivity index (χ0v) is 13.1. The number of rotatable bonds is 4. The van der Waals surface area contributed by atoms with Crippen LogP contribution in [-0.4, -0.2) is 20.2 Å². The highest BCUT2D eigenvalue weighted by Gasteiger charge is 2.16. The molecule has 0 aromatic carbocycles. The van der Waals surface area contributed by atoms with E-state index in [2.05, 4.69) is 40.1 Å². The summed E-state index contributed by atoms with van der Waals surface area (Å²) in [6, 6.07) is 9.74. The van der Waals surface area contributed by atoms with Gasteiger partial charge < -0.3 is 10.7 Å². The van der Waals surface area contributed by atoms with Crippen LogP contribution in [0.2, 0.25) is 0 Å². The molecule has 0 bridgehead atoms. The van der Waals surface area contributed by atoms with Crippen molar-refractivity contribution in [3.05, 3.63) is 41.7 Å². The molecule has 0 aliphatic carbocycles. The number of aromatic nitrogens is 4. The van der Waals surface area contributed by atoms with E-state index in [1.165, 1.54) is 0 Å². The van der Waals surface area contributed by atoms with Gasteiger partial charge in [-0.05, 0) is 36.6 Å². The molecule has 3 aromatic rings. The minimum Gasteiger partial charge on any atom is -0.383 e. The van der Waals surface area contributed by atoms with Crippen LogP contribution in [-0.2, 0) is 6.42 Å². The molecule has 3 aromatic heterocycles. The topological polar surface area (TPSA) is 107 Å². The summed E-state index contributed by atoms with van der Waals surface area (Å²) in [5.41, 5.74) is 10.3. The lowest BCUT2D eigenvalue weighted by molar-refractivity contribution is 0.633. The van der Waals surface area contributed by atoms with E-state index in [0.29, 0.717) is 28.4 Å². The summed E-state index contributed by atoms with van der Waals surface area (Å²) in [5, 5.41) is 16.8. The van der Waals surface area contributed by atoms with Crippen LogP contribution in [0.25, 0.3) is 22.6 Å². The molecule has 0 aliphatic rings. The van der Waals surface area contributed by atoms with Gasteiger partial charge in [-0.1, -0.05) is 13.8 Å². The second-order valence-electron chi connectivity index (χ2n) is 5.89. The zero-order chi connectivity index (χ0) is 16.4. The first-order valence-corrected chi connectivity index (χ1v) is 7.47. The Hall–Kier alpha value is -3.07. The molecule has 6 heteroatoms. The van der Waals surface area contributed by atoms with Crippen LogP contribution in [0.1, 0.15) is 25.1 Å². The number of hydrogen-bond donors (Lipinski definition) is 3. The smallest absolute Gasteiger partial charge is 0.142 e. The van der Waals surface area contributed by atoms with Gasteiger partial charge in [-0.25, -0.2) is 4.98 Å². The number of nitriles is 1. The molecule has 3 rings (SSSR count). The fraction of sp³-hybridized carbons (Fsp3) is 0.235. The number of pyridine rings is 1. The van der Waals surface area contributed by atoms with Crippen molar-refractivity contribution in [1.29, 1.82) is 5.26 Å². The number of aromatic amines is 2. The molecule has 4 N–H and O–H groups in total. The first-order valence-electron chi connectivity index (χ1n) is 7.47. The highest BCUT2D eigenvalue weighted by Crippen LogP contribution is 2.30. The monoisotopic (exact) mass is 306 g/mol. The summed E-state index contributed by atoms with van der Waals surface area (Å²) in [4.78, 5) is 7.41. The third kappa shape index (κ3) is 2.94. The van der Waals surface area contributed by atoms with Gasteiger partial charge in [-0.15, -0.1) is 0 Å². The Labute approximate surface area is 134 Å². The van der Waals surface area contributed by atoms with Gasteiger partial charge in [0.05, 0.1) is 17.1 Å². The van der Waals surface area contributed by atoms with E-state index in [0.717, 1.165) is 17.8 Å². The Morgan fingerprint density at radius 3 is 2.78 bits per heavy atom. The molecule has 23 heavy (non-hydrogen) atoms. The van der Waals surface area contributed by atoms with Crippen molar-refractivity contribution in [1.82, 2.24) is 20.2 Å². The van der Waals surface area contributed by atoms with Gasteiger partial charge in [0.25, 0.3) is 0 Å². The van der Waals surface area contributed by atoms with E-state index >= 15 is 0 Å². The maximum atomic E-state index is 9.42. The molecule has 6 nitrogen and oxygen atoms in total. The van der Waals surface area contributed by atoms with Crippen molar-refractivity contribution in [2.24, 2.45) is 5.92 Å². The Balaban J connectivity index is 2.10. The van der Waals surface area contributed by atoms with Gasteiger partial charge >= 0.3 is 0 Å². The lowest BCUT2D eigenvalue weighted by Crippen LogP contribution is -2.00. The van der Waals surface area contributed by atoms with Crippen molar-refractivity contribution < 1.29 is 0 Å². The van der Waals surface area contributed by atoms with Gasteiger partial charge in [-0.2, -0.15) is 10.4 Å². The minimum absolute atomic E-state index is 0.211. The van der Waals surface area contributed by atoms with Crippen LogP contribution >= 0.6 is 0 Å². The maximum absolute atomic E-state index is 9.42. The zero-order valence-electron chi connectivity index (χ0n) is 13.1. The molecule has 3 heterocycles. The van der Waals surface area contributed by atoms with E-state index in [1.54, 1.807) is 0 Å². The molecule has 0 unspecified atom stereocenters. The maximum Gasteiger partial charge on any atom is 0.142 e. The fourth-order valence-electron chi connectivity index (χ4n) is 2.56. The van der Waals surface area contributed by atoms with E-state index in [1.807, 2.05) is 30.5 Å². The lowest BCUT2D eigenvalue weighted by atomic mass is 10.0. The summed E-state index contributed by atoms with van der Waals surface area (Å²) in [6.07, 6.45) is 2.72. The number of anilines is 1. The number of H-pyrrole nitrogens is 2. The molecule has 0 fully saturated rings. The van der Waals surface area contributed by atoms with Crippen LogP contribution in [0.5, 0.6) is 0 Å². The van der Waals surface area contributed by atoms with Gasteiger partial charge in [0.15, 0.2) is 0 Å². The average Bonchev–Trinajstić information content (AvgIpc) is 3.17. The second-order valence-corrected chi connectivity index (χ2v) is 5.89. The summed E-state index contributed by atoms with van der Waals surface area (Å²) in [5.74, 6) is 0.735. The SMILES string of the molecule is CC(C)Cc1cc(-c2cc(-c3ccc[nH]3)nc(N)c2C#N)n[nH]1. The lowest BCUT2D eigenvalue weighted by Gasteiger charge is -2.07. The van der Waals surface area contributed by atoms with Gasteiger partial charge in [0.2, 0.25) is 0 Å².